The second-order valence-corrected chi connectivity index (χ2v) is 5.07. The van der Waals surface area contributed by atoms with Crippen molar-refractivity contribution in [1.29, 1.82) is 0 Å². The van der Waals surface area contributed by atoms with Crippen molar-refractivity contribution in [2.75, 3.05) is 0 Å². The Morgan fingerprint density at radius 3 is 2.43 bits per heavy atom. The summed E-state index contributed by atoms with van der Waals surface area (Å²) < 4.78 is 0. The summed E-state index contributed by atoms with van der Waals surface area (Å²) in [6, 6.07) is 13.6. The van der Waals surface area contributed by atoms with Crippen molar-refractivity contribution in [1.82, 2.24) is 4.98 Å². The lowest BCUT2D eigenvalue weighted by atomic mass is 9.99. The number of rotatable bonds is 5. The molecule has 0 aliphatic heterocycles. The molecular weight excluding hydrogens is 282 g/mol. The van der Waals surface area contributed by atoms with Gasteiger partial charge in [0.1, 0.15) is 0 Å². The molecule has 23 heavy (non-hydrogen) atoms. The zero-order valence-corrected chi connectivity index (χ0v) is 14.5. The number of pyridine rings is 1. The standard InChI is InChI=1S/C19H21NO.C2H6/c1-3-4-5-7-10-15(2)17-13-18(20-19(21)14-17)16-11-8-6-9-12-16;1-2/h4-15H,3H2,1-2H3,(H,20,21);1-2H3/b5-4-,10-7-;. The average molecular weight is 309 g/mol. The fourth-order valence-electron chi connectivity index (χ4n) is 2.16. The first kappa shape index (κ1) is 18.7. The zero-order valence-electron chi connectivity index (χ0n) is 14.5. The van der Waals surface area contributed by atoms with Crippen molar-refractivity contribution in [3.8, 4) is 11.3 Å². The molecule has 122 valence electrons. The van der Waals surface area contributed by atoms with Crippen LogP contribution >= 0.6 is 0 Å². The van der Waals surface area contributed by atoms with Gasteiger partial charge in [0.25, 0.3) is 0 Å². The van der Waals surface area contributed by atoms with Crippen molar-refractivity contribution in [3.63, 3.8) is 0 Å². The molecule has 0 aliphatic rings. The van der Waals surface area contributed by atoms with E-state index in [1.807, 2.05) is 56.3 Å². The first-order chi connectivity index (χ1) is 11.2. The van der Waals surface area contributed by atoms with Crippen molar-refractivity contribution in [2.24, 2.45) is 0 Å². The summed E-state index contributed by atoms with van der Waals surface area (Å²) in [6.07, 6.45) is 9.33. The number of aromatic nitrogens is 1. The predicted molar refractivity (Wildman–Crippen MR) is 101 cm³/mol. The third kappa shape index (κ3) is 6.11. The molecule has 1 aromatic carbocycles. The SMILES string of the molecule is CC.CC/C=C\C=C/C(C)c1cc(-c2ccccc2)[nH]c(=O)c1. The molecular formula is C21H27NO. The van der Waals surface area contributed by atoms with Gasteiger partial charge in [0.05, 0.1) is 0 Å². The number of aromatic amines is 1. The molecule has 2 nitrogen and oxygen atoms in total. The number of H-pyrrole nitrogens is 1. The third-order valence-electron chi connectivity index (χ3n) is 3.36. The minimum absolute atomic E-state index is 0.0595. The molecule has 0 amide bonds. The maximum atomic E-state index is 11.9. The molecule has 0 bridgehead atoms. The van der Waals surface area contributed by atoms with Gasteiger partial charge in [-0.1, -0.05) is 82.3 Å². The molecule has 2 rings (SSSR count). The Balaban J connectivity index is 0.00000127. The van der Waals surface area contributed by atoms with Crippen molar-refractivity contribution in [2.45, 2.75) is 40.0 Å². The van der Waals surface area contributed by atoms with Crippen LogP contribution in [-0.4, -0.2) is 4.98 Å². The molecule has 1 N–H and O–H groups in total. The van der Waals surface area contributed by atoms with E-state index in [2.05, 4.69) is 37.0 Å². The minimum Gasteiger partial charge on any atom is -0.322 e. The van der Waals surface area contributed by atoms with E-state index in [9.17, 15) is 4.79 Å². The first-order valence-electron chi connectivity index (χ1n) is 8.33. The lowest BCUT2D eigenvalue weighted by Crippen LogP contribution is -2.08. The van der Waals surface area contributed by atoms with Crippen LogP contribution in [0, 0.1) is 0 Å². The summed E-state index contributed by atoms with van der Waals surface area (Å²) >= 11 is 0. The number of hydrogen-bond donors (Lipinski definition) is 1. The summed E-state index contributed by atoms with van der Waals surface area (Å²) in [4.78, 5) is 14.8. The molecule has 1 unspecified atom stereocenters. The highest BCUT2D eigenvalue weighted by molar-refractivity contribution is 5.59. The summed E-state index contributed by atoms with van der Waals surface area (Å²) in [5.41, 5.74) is 2.86. The van der Waals surface area contributed by atoms with Gasteiger partial charge >= 0.3 is 0 Å². The predicted octanol–water partition coefficient (Wildman–Crippen LogP) is 5.69. The van der Waals surface area contributed by atoms with Crippen LogP contribution in [0.3, 0.4) is 0 Å². The molecule has 2 heteroatoms. The topological polar surface area (TPSA) is 32.9 Å². The van der Waals surface area contributed by atoms with E-state index in [1.165, 1.54) is 0 Å². The van der Waals surface area contributed by atoms with Crippen molar-refractivity contribution < 1.29 is 0 Å². The van der Waals surface area contributed by atoms with Crippen LogP contribution in [0.4, 0.5) is 0 Å². The Morgan fingerprint density at radius 1 is 1.09 bits per heavy atom. The maximum absolute atomic E-state index is 11.9. The van der Waals surface area contributed by atoms with Crippen LogP contribution in [0.1, 0.15) is 45.6 Å². The van der Waals surface area contributed by atoms with E-state index in [1.54, 1.807) is 6.07 Å². The largest absolute Gasteiger partial charge is 0.322 e. The van der Waals surface area contributed by atoms with Gasteiger partial charge in [0.15, 0.2) is 0 Å². The van der Waals surface area contributed by atoms with Crippen LogP contribution in [0.25, 0.3) is 11.3 Å². The zero-order chi connectivity index (χ0) is 17.1. The van der Waals surface area contributed by atoms with E-state index < -0.39 is 0 Å². The third-order valence-corrected chi connectivity index (χ3v) is 3.36. The van der Waals surface area contributed by atoms with E-state index in [-0.39, 0.29) is 11.5 Å². The van der Waals surface area contributed by atoms with E-state index >= 15 is 0 Å². The average Bonchev–Trinajstić information content (AvgIpc) is 2.60. The molecule has 0 aliphatic carbocycles. The molecule has 0 saturated heterocycles. The summed E-state index contributed by atoms with van der Waals surface area (Å²) in [7, 11) is 0. The molecule has 1 aromatic heterocycles. The number of hydrogen-bond acceptors (Lipinski definition) is 1. The second kappa shape index (κ2) is 10.4. The van der Waals surface area contributed by atoms with Gasteiger partial charge in [-0.25, -0.2) is 0 Å². The highest BCUT2D eigenvalue weighted by atomic mass is 16.1. The maximum Gasteiger partial charge on any atom is 0.248 e. The molecule has 1 heterocycles. The second-order valence-electron chi connectivity index (χ2n) is 5.07. The van der Waals surface area contributed by atoms with Crippen LogP contribution in [-0.2, 0) is 0 Å². The quantitative estimate of drug-likeness (QED) is 0.707. The highest BCUT2D eigenvalue weighted by Crippen LogP contribution is 2.21. The van der Waals surface area contributed by atoms with Crippen molar-refractivity contribution >= 4 is 0 Å². The molecule has 2 aromatic rings. The van der Waals surface area contributed by atoms with Crippen molar-refractivity contribution in [3.05, 3.63) is 82.7 Å². The van der Waals surface area contributed by atoms with Gasteiger partial charge in [0.2, 0.25) is 5.56 Å². The smallest absolute Gasteiger partial charge is 0.248 e. The Labute approximate surface area is 139 Å². The Hall–Kier alpha value is -2.35. The van der Waals surface area contributed by atoms with Gasteiger partial charge in [-0.05, 0) is 29.5 Å². The van der Waals surface area contributed by atoms with Crippen LogP contribution in [0.15, 0.2) is 71.6 Å². The Morgan fingerprint density at radius 2 is 1.78 bits per heavy atom. The van der Waals surface area contributed by atoms with Gasteiger partial charge < -0.3 is 4.98 Å². The Kier molecular flexibility index (Phi) is 8.45. The first-order valence-corrected chi connectivity index (χ1v) is 8.33. The monoisotopic (exact) mass is 309 g/mol. The summed E-state index contributed by atoms with van der Waals surface area (Å²) in [5.74, 6) is 0.205. The minimum atomic E-state index is -0.0595. The molecule has 0 radical (unpaired) electrons. The molecule has 0 fully saturated rings. The normalized spacial score (nSPS) is 12.2. The van der Waals surface area contributed by atoms with E-state index in [4.69, 9.17) is 0 Å². The van der Waals surface area contributed by atoms with E-state index in [0.717, 1.165) is 23.2 Å². The van der Waals surface area contributed by atoms with Crippen LogP contribution in [0.2, 0.25) is 0 Å². The fraction of sp³-hybridized carbons (Fsp3) is 0.286. The fourth-order valence-corrected chi connectivity index (χ4v) is 2.16. The lowest BCUT2D eigenvalue weighted by Gasteiger charge is -2.09. The summed E-state index contributed by atoms with van der Waals surface area (Å²) in [6.45, 7) is 8.20. The van der Waals surface area contributed by atoms with Crippen LogP contribution in [0.5, 0.6) is 0 Å². The summed E-state index contributed by atoms with van der Waals surface area (Å²) in [5, 5.41) is 0. The number of allylic oxidation sites excluding steroid dienone is 4. The van der Waals surface area contributed by atoms with Gasteiger partial charge in [-0.2, -0.15) is 0 Å². The highest BCUT2D eigenvalue weighted by Gasteiger charge is 2.06. The molecule has 0 saturated carbocycles. The van der Waals surface area contributed by atoms with Crippen LogP contribution < -0.4 is 5.56 Å². The van der Waals surface area contributed by atoms with Gasteiger partial charge in [-0.3, -0.25) is 4.79 Å². The number of benzene rings is 1. The number of nitrogens with one attached hydrogen (secondary N) is 1. The van der Waals surface area contributed by atoms with Gasteiger partial charge in [0, 0.05) is 11.8 Å². The Bertz CT molecular complexity index is 680. The molecule has 1 atom stereocenters. The van der Waals surface area contributed by atoms with E-state index in [0.29, 0.717) is 0 Å². The molecule has 0 spiro atoms. The van der Waals surface area contributed by atoms with Gasteiger partial charge in [-0.15, -0.1) is 0 Å². The lowest BCUT2D eigenvalue weighted by molar-refractivity contribution is 0.955.